The number of hydrogen-bond donors (Lipinski definition) is 1. The van der Waals surface area contributed by atoms with E-state index in [1.165, 1.54) is 0 Å². The highest BCUT2D eigenvalue weighted by atomic mass is 16.4. The minimum Gasteiger partial charge on any atom is -0.423 e. The molecule has 24 heavy (non-hydrogen) atoms. The first-order valence-corrected chi connectivity index (χ1v) is 7.95. The monoisotopic (exact) mass is 319 g/mol. The van der Waals surface area contributed by atoms with E-state index < -0.39 is 0 Å². The molecule has 0 saturated carbocycles. The molecule has 0 aliphatic carbocycles. The molecular formula is C19H17N3O2. The van der Waals surface area contributed by atoms with Crippen molar-refractivity contribution >= 4 is 27.4 Å². The molecule has 0 atom stereocenters. The van der Waals surface area contributed by atoms with Gasteiger partial charge in [-0.2, -0.15) is 5.10 Å². The zero-order valence-corrected chi connectivity index (χ0v) is 13.3. The van der Waals surface area contributed by atoms with Crippen molar-refractivity contribution in [3.8, 4) is 0 Å². The zero-order valence-electron chi connectivity index (χ0n) is 13.3. The third kappa shape index (κ3) is 2.54. The Bertz CT molecular complexity index is 1080. The Kier molecular flexibility index (Phi) is 3.54. The number of rotatable bonds is 4. The maximum atomic E-state index is 11.9. The summed E-state index contributed by atoms with van der Waals surface area (Å²) in [5.41, 5.74) is 2.13. The lowest BCUT2D eigenvalue weighted by atomic mass is 10.0. The smallest absolute Gasteiger partial charge is 0.336 e. The summed E-state index contributed by atoms with van der Waals surface area (Å²) < 4.78 is 7.24. The molecule has 1 N–H and O–H groups in total. The van der Waals surface area contributed by atoms with Gasteiger partial charge in [-0.1, -0.05) is 30.3 Å². The van der Waals surface area contributed by atoms with Gasteiger partial charge in [0.25, 0.3) is 0 Å². The van der Waals surface area contributed by atoms with Gasteiger partial charge in [-0.25, -0.2) is 4.79 Å². The first kappa shape index (κ1) is 14.5. The van der Waals surface area contributed by atoms with E-state index in [0.717, 1.165) is 34.0 Å². The van der Waals surface area contributed by atoms with Gasteiger partial charge in [-0.3, -0.25) is 4.68 Å². The second kappa shape index (κ2) is 5.85. The fraction of sp³-hybridized carbons (Fsp3) is 0.158. The minimum atomic E-state index is -0.334. The third-order valence-corrected chi connectivity index (χ3v) is 4.15. The van der Waals surface area contributed by atoms with Crippen LogP contribution >= 0.6 is 0 Å². The van der Waals surface area contributed by atoms with E-state index in [2.05, 4.69) is 22.5 Å². The molecule has 120 valence electrons. The number of aryl methyl sites for hydroxylation is 1. The van der Waals surface area contributed by atoms with Crippen LogP contribution in [0, 0.1) is 0 Å². The minimum absolute atomic E-state index is 0.334. The highest BCUT2D eigenvalue weighted by Crippen LogP contribution is 2.27. The molecule has 4 aromatic rings. The predicted molar refractivity (Wildman–Crippen MR) is 95.2 cm³/mol. The van der Waals surface area contributed by atoms with Crippen molar-refractivity contribution in [2.24, 2.45) is 0 Å². The van der Waals surface area contributed by atoms with Gasteiger partial charge >= 0.3 is 5.63 Å². The third-order valence-electron chi connectivity index (χ3n) is 4.15. The average Bonchev–Trinajstić information content (AvgIpc) is 3.07. The van der Waals surface area contributed by atoms with Crippen LogP contribution in [0.25, 0.3) is 21.7 Å². The van der Waals surface area contributed by atoms with E-state index >= 15 is 0 Å². The summed E-state index contributed by atoms with van der Waals surface area (Å²) in [7, 11) is 0. The molecule has 5 nitrogen and oxygen atoms in total. The molecule has 0 aliphatic heterocycles. The first-order valence-electron chi connectivity index (χ1n) is 7.95. The van der Waals surface area contributed by atoms with Crippen LogP contribution in [0.1, 0.15) is 12.5 Å². The van der Waals surface area contributed by atoms with Gasteiger partial charge in [0.15, 0.2) is 0 Å². The summed E-state index contributed by atoms with van der Waals surface area (Å²) in [6, 6.07) is 13.5. The van der Waals surface area contributed by atoms with Crippen molar-refractivity contribution in [1.82, 2.24) is 9.78 Å². The van der Waals surface area contributed by atoms with Crippen LogP contribution in [-0.2, 0) is 13.1 Å². The van der Waals surface area contributed by atoms with Crippen molar-refractivity contribution < 1.29 is 4.42 Å². The highest BCUT2D eigenvalue weighted by Gasteiger charge is 2.10. The summed E-state index contributed by atoms with van der Waals surface area (Å²) in [5.74, 6) is 0. The van der Waals surface area contributed by atoms with Crippen molar-refractivity contribution in [3.63, 3.8) is 0 Å². The van der Waals surface area contributed by atoms with Gasteiger partial charge in [0, 0.05) is 30.7 Å². The molecule has 0 bridgehead atoms. The molecule has 0 spiro atoms. The maximum Gasteiger partial charge on any atom is 0.336 e. The van der Waals surface area contributed by atoms with Crippen molar-refractivity contribution in [3.05, 3.63) is 70.8 Å². The van der Waals surface area contributed by atoms with Crippen LogP contribution in [-0.4, -0.2) is 9.78 Å². The van der Waals surface area contributed by atoms with Crippen LogP contribution in [0.5, 0.6) is 0 Å². The molecule has 2 heterocycles. The number of anilines is 1. The summed E-state index contributed by atoms with van der Waals surface area (Å²) in [5, 5.41) is 10.8. The molecule has 0 amide bonds. The van der Waals surface area contributed by atoms with E-state index in [1.54, 1.807) is 12.3 Å². The number of aromatic nitrogens is 2. The Morgan fingerprint density at radius 2 is 2.08 bits per heavy atom. The van der Waals surface area contributed by atoms with E-state index in [1.807, 2.05) is 42.1 Å². The number of nitrogens with zero attached hydrogens (tertiary/aromatic N) is 2. The van der Waals surface area contributed by atoms with Crippen LogP contribution in [0.3, 0.4) is 0 Å². The second-order valence-electron chi connectivity index (χ2n) is 5.69. The number of nitrogens with one attached hydrogen (secondary N) is 1. The molecule has 2 aromatic heterocycles. The molecule has 4 rings (SSSR count). The predicted octanol–water partition coefficient (Wildman–Crippen LogP) is 3.77. The first-order chi connectivity index (χ1) is 11.7. The van der Waals surface area contributed by atoms with Gasteiger partial charge in [0.2, 0.25) is 0 Å². The fourth-order valence-electron chi connectivity index (χ4n) is 2.98. The maximum absolute atomic E-state index is 11.9. The summed E-state index contributed by atoms with van der Waals surface area (Å²) in [4.78, 5) is 11.9. The molecule has 0 aliphatic rings. The lowest BCUT2D eigenvalue weighted by Crippen LogP contribution is -2.05. The van der Waals surface area contributed by atoms with Crippen LogP contribution in [0.4, 0.5) is 5.69 Å². The Hall–Kier alpha value is -3.08. The quantitative estimate of drug-likeness (QED) is 0.459. The molecule has 2 aromatic carbocycles. The van der Waals surface area contributed by atoms with Gasteiger partial charge in [0.05, 0.1) is 11.9 Å². The van der Waals surface area contributed by atoms with Crippen LogP contribution in [0.2, 0.25) is 0 Å². The number of benzene rings is 2. The Labute approximate surface area is 138 Å². The second-order valence-corrected chi connectivity index (χ2v) is 5.69. The van der Waals surface area contributed by atoms with Gasteiger partial charge in [-0.05, 0) is 29.3 Å². The van der Waals surface area contributed by atoms with Gasteiger partial charge < -0.3 is 9.73 Å². The van der Waals surface area contributed by atoms with Crippen LogP contribution < -0.4 is 10.9 Å². The van der Waals surface area contributed by atoms with Gasteiger partial charge in [0.1, 0.15) is 5.58 Å². The summed E-state index contributed by atoms with van der Waals surface area (Å²) in [6.07, 6.45) is 3.74. The summed E-state index contributed by atoms with van der Waals surface area (Å²) >= 11 is 0. The lowest BCUT2D eigenvalue weighted by Gasteiger charge is -2.09. The molecule has 0 unspecified atom stereocenters. The van der Waals surface area contributed by atoms with Crippen LogP contribution in [0.15, 0.2) is 64.1 Å². The Balaban J connectivity index is 1.81. The molecule has 0 saturated heterocycles. The van der Waals surface area contributed by atoms with E-state index in [-0.39, 0.29) is 5.63 Å². The number of fused-ring (bicyclic) bond motifs is 3. The number of hydrogen-bond acceptors (Lipinski definition) is 4. The Morgan fingerprint density at radius 1 is 1.21 bits per heavy atom. The van der Waals surface area contributed by atoms with Crippen molar-refractivity contribution in [2.75, 3.05) is 5.32 Å². The van der Waals surface area contributed by atoms with E-state index in [9.17, 15) is 4.79 Å². The Morgan fingerprint density at radius 3 is 2.92 bits per heavy atom. The topological polar surface area (TPSA) is 60.1 Å². The highest BCUT2D eigenvalue weighted by molar-refractivity contribution is 6.07. The largest absolute Gasteiger partial charge is 0.423 e. The standard InChI is InChI=1S/C19H17N3O2/c1-2-22-12-15(11-21-22)20-10-14-9-18(23)24-17-8-7-13-5-3-4-6-16(13)19(14)17/h3-9,11-12,20H,2,10H2,1H3. The van der Waals surface area contributed by atoms with E-state index in [4.69, 9.17) is 4.42 Å². The SMILES string of the molecule is CCn1cc(NCc2cc(=O)oc3ccc4ccccc4c23)cn1. The molecular weight excluding hydrogens is 302 g/mol. The normalized spacial score (nSPS) is 11.2. The van der Waals surface area contributed by atoms with Gasteiger partial charge in [-0.15, -0.1) is 0 Å². The fourth-order valence-corrected chi connectivity index (χ4v) is 2.98. The average molecular weight is 319 g/mol. The summed E-state index contributed by atoms with van der Waals surface area (Å²) in [6.45, 7) is 3.40. The van der Waals surface area contributed by atoms with Crippen molar-refractivity contribution in [1.29, 1.82) is 0 Å². The zero-order chi connectivity index (χ0) is 16.5. The molecule has 0 radical (unpaired) electrons. The van der Waals surface area contributed by atoms with E-state index in [0.29, 0.717) is 12.1 Å². The van der Waals surface area contributed by atoms with Crippen molar-refractivity contribution in [2.45, 2.75) is 20.0 Å². The lowest BCUT2D eigenvalue weighted by molar-refractivity contribution is 0.559. The molecule has 0 fully saturated rings. The molecule has 5 heteroatoms.